The van der Waals surface area contributed by atoms with Crippen molar-refractivity contribution in [2.75, 3.05) is 17.1 Å². The average molecular weight is 462 g/mol. The molecule has 10 heteroatoms. The Kier molecular flexibility index (Phi) is 6.18. The van der Waals surface area contributed by atoms with Crippen LogP contribution in [0.25, 0.3) is 11.3 Å². The van der Waals surface area contributed by atoms with Crippen LogP contribution in [-0.4, -0.2) is 27.0 Å². The zero-order chi connectivity index (χ0) is 23.7. The van der Waals surface area contributed by atoms with E-state index in [0.717, 1.165) is 6.07 Å². The highest BCUT2D eigenvalue weighted by Gasteiger charge is 2.27. The summed E-state index contributed by atoms with van der Waals surface area (Å²) in [5, 5.41) is 2.91. The molecule has 1 heterocycles. The summed E-state index contributed by atoms with van der Waals surface area (Å²) in [6.07, 6.45) is 0. The molecule has 0 bridgehead atoms. The van der Waals surface area contributed by atoms with Crippen molar-refractivity contribution in [2.24, 2.45) is 5.73 Å². The van der Waals surface area contributed by atoms with Crippen LogP contribution in [-0.2, 0) is 14.8 Å². The Balaban J connectivity index is 1.97. The molecule has 0 fully saturated rings. The molecule has 0 aliphatic rings. The first-order chi connectivity index (χ1) is 14.9. The molecule has 0 saturated carbocycles. The van der Waals surface area contributed by atoms with E-state index in [0.29, 0.717) is 23.0 Å². The van der Waals surface area contributed by atoms with Crippen LogP contribution in [0.2, 0.25) is 0 Å². The molecular formula is C22H24FN3O5S. The van der Waals surface area contributed by atoms with Gasteiger partial charge in [-0.25, -0.2) is 12.8 Å². The molecule has 0 aliphatic carbocycles. The number of carbonyl (C=O) groups excluding carboxylic acids is 1. The summed E-state index contributed by atoms with van der Waals surface area (Å²) >= 11 is 0. The van der Waals surface area contributed by atoms with Crippen molar-refractivity contribution in [3.8, 4) is 17.1 Å². The molecule has 1 amide bonds. The third-order valence-corrected chi connectivity index (χ3v) is 6.15. The fourth-order valence-electron chi connectivity index (χ4n) is 2.89. The zero-order valence-electron chi connectivity index (χ0n) is 18.0. The maximum absolute atomic E-state index is 14.7. The van der Waals surface area contributed by atoms with Gasteiger partial charge < -0.3 is 20.2 Å². The maximum atomic E-state index is 14.7. The van der Waals surface area contributed by atoms with E-state index >= 15 is 0 Å². The molecule has 0 unspecified atom stereocenters. The summed E-state index contributed by atoms with van der Waals surface area (Å²) in [7, 11) is -2.76. The van der Waals surface area contributed by atoms with Crippen LogP contribution in [0.1, 0.15) is 19.6 Å². The summed E-state index contributed by atoms with van der Waals surface area (Å²) in [5.41, 5.74) is 4.78. The van der Waals surface area contributed by atoms with Crippen LogP contribution in [0.5, 0.6) is 5.75 Å². The first-order valence-electron chi connectivity index (χ1n) is 9.58. The van der Waals surface area contributed by atoms with Gasteiger partial charge in [0.15, 0.2) is 0 Å². The quantitative estimate of drug-likeness (QED) is 0.468. The van der Waals surface area contributed by atoms with Gasteiger partial charge in [-0.2, -0.15) is 0 Å². The minimum atomic E-state index is -4.19. The van der Waals surface area contributed by atoms with Crippen molar-refractivity contribution in [2.45, 2.75) is 31.2 Å². The number of anilines is 2. The number of rotatable bonds is 8. The topological polar surface area (TPSA) is 124 Å². The highest BCUT2D eigenvalue weighted by molar-refractivity contribution is 7.92. The van der Waals surface area contributed by atoms with Gasteiger partial charge in [-0.15, -0.1) is 0 Å². The number of hydrogen-bond donors (Lipinski definition) is 3. The highest BCUT2D eigenvalue weighted by atomic mass is 32.2. The summed E-state index contributed by atoms with van der Waals surface area (Å²) in [6, 6.07) is 11.4. The number of benzene rings is 2. The Morgan fingerprint density at radius 1 is 1.09 bits per heavy atom. The molecule has 2 aromatic carbocycles. The van der Waals surface area contributed by atoms with Crippen molar-refractivity contribution < 1.29 is 26.8 Å². The molecular weight excluding hydrogens is 437 g/mol. The van der Waals surface area contributed by atoms with Gasteiger partial charge in [-0.3, -0.25) is 9.52 Å². The third-order valence-electron chi connectivity index (χ3n) is 4.79. The van der Waals surface area contributed by atoms with Crippen molar-refractivity contribution in [1.82, 2.24) is 0 Å². The number of aryl methyl sites for hydroxylation is 1. The van der Waals surface area contributed by atoms with Crippen molar-refractivity contribution >= 4 is 27.3 Å². The van der Waals surface area contributed by atoms with Gasteiger partial charge in [0.1, 0.15) is 28.6 Å². The third kappa shape index (κ3) is 4.86. The van der Waals surface area contributed by atoms with Gasteiger partial charge in [0.05, 0.1) is 28.9 Å². The van der Waals surface area contributed by atoms with Crippen molar-refractivity contribution in [1.29, 1.82) is 0 Å². The molecule has 0 atom stereocenters. The molecule has 3 aromatic rings. The minimum absolute atomic E-state index is 0.102. The lowest BCUT2D eigenvalue weighted by molar-refractivity contribution is -0.121. The lowest BCUT2D eigenvalue weighted by Crippen LogP contribution is -2.45. The first kappa shape index (κ1) is 23.1. The van der Waals surface area contributed by atoms with E-state index in [1.807, 2.05) is 0 Å². The van der Waals surface area contributed by atoms with E-state index in [2.05, 4.69) is 10.0 Å². The number of primary amides is 1. The predicted octanol–water partition coefficient (Wildman–Crippen LogP) is 3.88. The van der Waals surface area contributed by atoms with Gasteiger partial charge >= 0.3 is 0 Å². The Bertz CT molecular complexity index is 1270. The van der Waals surface area contributed by atoms with Crippen LogP contribution in [0.15, 0.2) is 57.8 Å². The lowest BCUT2D eigenvalue weighted by Gasteiger charge is -2.25. The van der Waals surface area contributed by atoms with Crippen LogP contribution < -0.4 is 20.5 Å². The largest absolute Gasteiger partial charge is 0.497 e. The lowest BCUT2D eigenvalue weighted by atomic mass is 10.0. The SMILES string of the molecule is COc1ccc(NC(C)(C)C(N)=O)c(NS(=O)(=O)c2ccc(-c3ccc(C)o3)c(F)c2)c1. The summed E-state index contributed by atoms with van der Waals surface area (Å²) in [4.78, 5) is 11.4. The van der Waals surface area contributed by atoms with Crippen molar-refractivity contribution in [3.05, 3.63) is 60.1 Å². The second kappa shape index (κ2) is 8.54. The Morgan fingerprint density at radius 2 is 1.81 bits per heavy atom. The maximum Gasteiger partial charge on any atom is 0.262 e. The number of hydrogen-bond acceptors (Lipinski definition) is 6. The standard InChI is InChI=1S/C22H24FN3O5S/c1-13-5-10-20(31-13)16-8-7-15(12-17(16)23)32(28,29)26-19-11-14(30-4)6-9-18(19)25-22(2,3)21(24)27/h5-12,25-26H,1-4H3,(H2,24,27). The van der Waals surface area contributed by atoms with Gasteiger partial charge in [0.25, 0.3) is 10.0 Å². The molecule has 4 N–H and O–H groups in total. The van der Waals surface area contributed by atoms with E-state index in [-0.39, 0.29) is 16.1 Å². The van der Waals surface area contributed by atoms with Crippen LogP contribution in [0.3, 0.4) is 0 Å². The number of nitrogens with two attached hydrogens (primary N) is 1. The Morgan fingerprint density at radius 3 is 2.38 bits per heavy atom. The molecule has 1 aromatic heterocycles. The highest BCUT2D eigenvalue weighted by Crippen LogP contribution is 2.32. The average Bonchev–Trinajstić information content (AvgIpc) is 3.14. The molecule has 0 saturated heterocycles. The summed E-state index contributed by atoms with van der Waals surface area (Å²) in [6.45, 7) is 4.84. The Labute approximate surface area is 185 Å². The zero-order valence-corrected chi connectivity index (χ0v) is 18.8. The number of carbonyl (C=O) groups is 1. The van der Waals surface area contributed by atoms with Crippen LogP contribution in [0.4, 0.5) is 15.8 Å². The van der Waals surface area contributed by atoms with E-state index in [9.17, 15) is 17.6 Å². The van der Waals surface area contributed by atoms with E-state index in [1.54, 1.807) is 45.0 Å². The molecule has 0 aliphatic heterocycles. The van der Waals surface area contributed by atoms with Crippen molar-refractivity contribution in [3.63, 3.8) is 0 Å². The Hall–Kier alpha value is -3.53. The van der Waals surface area contributed by atoms with Gasteiger partial charge in [0.2, 0.25) is 5.91 Å². The molecule has 3 rings (SSSR count). The van der Waals surface area contributed by atoms with Gasteiger partial charge in [0, 0.05) is 6.07 Å². The fraction of sp³-hybridized carbons (Fsp3) is 0.227. The molecule has 170 valence electrons. The number of furan rings is 1. The predicted molar refractivity (Wildman–Crippen MR) is 120 cm³/mol. The molecule has 8 nitrogen and oxygen atoms in total. The normalized spacial score (nSPS) is 11.8. The molecule has 0 radical (unpaired) electrons. The summed E-state index contributed by atoms with van der Waals surface area (Å²) in [5.74, 6) is -0.103. The van der Waals surface area contributed by atoms with E-state index in [4.69, 9.17) is 14.9 Å². The monoisotopic (exact) mass is 461 g/mol. The molecule has 32 heavy (non-hydrogen) atoms. The number of methoxy groups -OCH3 is 1. The van der Waals surface area contributed by atoms with E-state index < -0.39 is 27.3 Å². The second-order valence-electron chi connectivity index (χ2n) is 7.68. The smallest absolute Gasteiger partial charge is 0.262 e. The number of sulfonamides is 1. The molecule has 0 spiro atoms. The van der Waals surface area contributed by atoms with Crippen LogP contribution in [0, 0.1) is 12.7 Å². The van der Waals surface area contributed by atoms with E-state index in [1.165, 1.54) is 25.3 Å². The minimum Gasteiger partial charge on any atom is -0.497 e. The van der Waals surface area contributed by atoms with Gasteiger partial charge in [-0.1, -0.05) is 0 Å². The number of ether oxygens (including phenoxy) is 1. The number of amides is 1. The van der Waals surface area contributed by atoms with Crippen LogP contribution >= 0.6 is 0 Å². The second-order valence-corrected chi connectivity index (χ2v) is 9.37. The van der Waals surface area contributed by atoms with Gasteiger partial charge in [-0.05, 0) is 63.2 Å². The first-order valence-corrected chi connectivity index (χ1v) is 11.1. The summed E-state index contributed by atoms with van der Waals surface area (Å²) < 4.78 is 53.7. The number of halogens is 1. The number of nitrogens with one attached hydrogen (secondary N) is 2. The fourth-order valence-corrected chi connectivity index (χ4v) is 3.97.